The third-order valence-corrected chi connectivity index (χ3v) is 7.01. The van der Waals surface area contributed by atoms with Crippen molar-refractivity contribution < 1.29 is 19.1 Å². The Balaban J connectivity index is 2.15. The van der Waals surface area contributed by atoms with Crippen molar-refractivity contribution in [1.29, 1.82) is 0 Å². The average molecular weight is 598 g/mol. The standard InChI is InChI=1S/C24H27IN2O6S/c1-6-32-22(30)19-14(2)18-20(29)27(13-17(28)33-24(3,4)5)23(31)26(21(18)34-19)12-11-15-7-9-16(25)10-8-15/h7-10H,6,11-13H2,1-5H3. The van der Waals surface area contributed by atoms with Gasteiger partial charge in [0.05, 0.1) is 12.0 Å². The molecule has 0 N–H and O–H groups in total. The van der Waals surface area contributed by atoms with Gasteiger partial charge in [-0.2, -0.15) is 0 Å². The molecule has 0 aliphatic rings. The summed E-state index contributed by atoms with van der Waals surface area (Å²) in [5.41, 5.74) is -0.552. The van der Waals surface area contributed by atoms with Gasteiger partial charge in [0.25, 0.3) is 5.56 Å². The van der Waals surface area contributed by atoms with Crippen molar-refractivity contribution >= 4 is 56.1 Å². The van der Waals surface area contributed by atoms with Crippen molar-refractivity contribution in [3.8, 4) is 0 Å². The molecule has 0 spiro atoms. The fourth-order valence-corrected chi connectivity index (χ4v) is 5.09. The lowest BCUT2D eigenvalue weighted by atomic mass is 10.1. The van der Waals surface area contributed by atoms with Gasteiger partial charge in [0.1, 0.15) is 21.9 Å². The minimum atomic E-state index is -0.760. The second kappa shape index (κ2) is 10.4. The molecular formula is C24H27IN2O6S. The highest BCUT2D eigenvalue weighted by molar-refractivity contribution is 14.1. The predicted octanol–water partition coefficient (Wildman–Crippen LogP) is 3.90. The highest BCUT2D eigenvalue weighted by Gasteiger charge is 2.25. The number of esters is 2. The van der Waals surface area contributed by atoms with Crippen molar-refractivity contribution in [1.82, 2.24) is 9.13 Å². The second-order valence-electron chi connectivity index (χ2n) is 8.75. The molecule has 2 heterocycles. The SMILES string of the molecule is CCOC(=O)c1sc2c(c1C)c(=O)n(CC(=O)OC(C)(C)C)c(=O)n2CCc1ccc(I)cc1. The van der Waals surface area contributed by atoms with E-state index in [1.807, 2.05) is 24.3 Å². The van der Waals surface area contributed by atoms with Crippen LogP contribution in [-0.4, -0.2) is 33.3 Å². The molecule has 8 nitrogen and oxygen atoms in total. The van der Waals surface area contributed by atoms with Crippen molar-refractivity contribution in [2.75, 3.05) is 6.61 Å². The van der Waals surface area contributed by atoms with Crippen LogP contribution in [0.1, 0.15) is 48.5 Å². The zero-order valence-electron chi connectivity index (χ0n) is 19.8. The summed E-state index contributed by atoms with van der Waals surface area (Å²) in [6.07, 6.45) is 0.530. The Kier molecular flexibility index (Phi) is 8.02. The maximum Gasteiger partial charge on any atom is 0.348 e. The maximum absolute atomic E-state index is 13.4. The first kappa shape index (κ1) is 26.1. The monoisotopic (exact) mass is 598 g/mol. The van der Waals surface area contributed by atoms with Gasteiger partial charge in [-0.05, 0) is 86.9 Å². The van der Waals surface area contributed by atoms with Gasteiger partial charge in [0.2, 0.25) is 0 Å². The van der Waals surface area contributed by atoms with Crippen LogP contribution in [0, 0.1) is 10.5 Å². The molecule has 0 aliphatic carbocycles. The van der Waals surface area contributed by atoms with E-state index in [-0.39, 0.29) is 23.4 Å². The van der Waals surface area contributed by atoms with Gasteiger partial charge in [-0.25, -0.2) is 14.2 Å². The van der Waals surface area contributed by atoms with Gasteiger partial charge in [0.15, 0.2) is 0 Å². The van der Waals surface area contributed by atoms with E-state index in [2.05, 4.69) is 22.6 Å². The first-order valence-corrected chi connectivity index (χ1v) is 12.7. The Hall–Kier alpha value is -2.47. The van der Waals surface area contributed by atoms with Crippen LogP contribution >= 0.6 is 33.9 Å². The summed E-state index contributed by atoms with van der Waals surface area (Å²) in [5.74, 6) is -1.23. The highest BCUT2D eigenvalue weighted by atomic mass is 127. The molecule has 0 fully saturated rings. The molecule has 3 aromatic rings. The van der Waals surface area contributed by atoms with Gasteiger partial charge in [0, 0.05) is 10.1 Å². The van der Waals surface area contributed by atoms with E-state index in [1.165, 1.54) is 4.57 Å². The zero-order valence-corrected chi connectivity index (χ0v) is 22.7. The van der Waals surface area contributed by atoms with Crippen molar-refractivity contribution in [3.63, 3.8) is 0 Å². The van der Waals surface area contributed by atoms with Crippen LogP contribution in [0.4, 0.5) is 0 Å². The number of fused-ring (bicyclic) bond motifs is 1. The molecule has 0 saturated carbocycles. The maximum atomic E-state index is 13.4. The van der Waals surface area contributed by atoms with Crippen LogP contribution in [0.15, 0.2) is 33.9 Å². The summed E-state index contributed by atoms with van der Waals surface area (Å²) >= 11 is 3.28. The minimum Gasteiger partial charge on any atom is -0.462 e. The lowest BCUT2D eigenvalue weighted by molar-refractivity contribution is -0.155. The van der Waals surface area contributed by atoms with E-state index in [9.17, 15) is 19.2 Å². The fourth-order valence-electron chi connectivity index (χ4n) is 3.52. The molecule has 0 amide bonds. The molecule has 10 heteroatoms. The van der Waals surface area contributed by atoms with Crippen LogP contribution in [0.25, 0.3) is 10.2 Å². The quantitative estimate of drug-likeness (QED) is 0.303. The van der Waals surface area contributed by atoms with E-state index in [1.54, 1.807) is 34.6 Å². The van der Waals surface area contributed by atoms with Gasteiger partial charge in [-0.15, -0.1) is 11.3 Å². The van der Waals surface area contributed by atoms with Gasteiger partial charge in [-0.1, -0.05) is 12.1 Å². The average Bonchev–Trinajstić information content (AvgIpc) is 3.08. The highest BCUT2D eigenvalue weighted by Crippen LogP contribution is 2.29. The number of ether oxygens (including phenoxy) is 2. The molecule has 34 heavy (non-hydrogen) atoms. The molecule has 3 rings (SSSR count). The van der Waals surface area contributed by atoms with Crippen LogP contribution in [0.2, 0.25) is 0 Å². The topological polar surface area (TPSA) is 96.6 Å². The largest absolute Gasteiger partial charge is 0.462 e. The predicted molar refractivity (Wildman–Crippen MR) is 140 cm³/mol. The van der Waals surface area contributed by atoms with E-state index in [0.717, 1.165) is 25.0 Å². The van der Waals surface area contributed by atoms with Crippen LogP contribution in [0.3, 0.4) is 0 Å². The Morgan fingerprint density at radius 2 is 1.74 bits per heavy atom. The number of hydrogen-bond acceptors (Lipinski definition) is 7. The summed E-state index contributed by atoms with van der Waals surface area (Å²) in [4.78, 5) is 52.4. The fraction of sp³-hybridized carbons (Fsp3) is 0.417. The number of carbonyl (C=O) groups is 2. The first-order valence-electron chi connectivity index (χ1n) is 10.8. The third kappa shape index (κ3) is 5.77. The summed E-state index contributed by atoms with van der Waals surface area (Å²) in [7, 11) is 0. The molecule has 182 valence electrons. The third-order valence-electron chi connectivity index (χ3n) is 5.00. The normalized spacial score (nSPS) is 11.6. The van der Waals surface area contributed by atoms with Gasteiger partial charge in [-0.3, -0.25) is 14.2 Å². The molecule has 1 aromatic carbocycles. The lowest BCUT2D eigenvalue weighted by Crippen LogP contribution is -2.42. The van der Waals surface area contributed by atoms with Crippen LogP contribution in [0.5, 0.6) is 0 Å². The van der Waals surface area contributed by atoms with Crippen LogP contribution < -0.4 is 11.2 Å². The number of hydrogen-bond donors (Lipinski definition) is 0. The Bertz CT molecular complexity index is 1350. The number of halogens is 1. The minimum absolute atomic E-state index is 0.189. The molecule has 0 aliphatic heterocycles. The van der Waals surface area contributed by atoms with E-state index >= 15 is 0 Å². The smallest absolute Gasteiger partial charge is 0.348 e. The van der Waals surface area contributed by atoms with Crippen molar-refractivity contribution in [3.05, 3.63) is 64.7 Å². The second-order valence-corrected chi connectivity index (χ2v) is 11.0. The number of benzene rings is 1. The molecule has 0 unspecified atom stereocenters. The van der Waals surface area contributed by atoms with E-state index in [4.69, 9.17) is 9.47 Å². The molecule has 2 aromatic heterocycles. The first-order chi connectivity index (χ1) is 15.9. The number of aromatic nitrogens is 2. The summed E-state index contributed by atoms with van der Waals surface area (Å²) in [5, 5.41) is 0.235. The summed E-state index contributed by atoms with van der Waals surface area (Å²) < 4.78 is 13.9. The summed E-state index contributed by atoms with van der Waals surface area (Å²) in [6, 6.07) is 7.91. The van der Waals surface area contributed by atoms with Crippen molar-refractivity contribution in [2.45, 2.75) is 59.7 Å². The molecular weight excluding hydrogens is 571 g/mol. The molecule has 0 atom stereocenters. The molecule has 0 saturated heterocycles. The number of thiophene rings is 1. The van der Waals surface area contributed by atoms with Crippen LogP contribution in [-0.2, 0) is 33.8 Å². The zero-order chi connectivity index (χ0) is 25.2. The molecule has 0 bridgehead atoms. The Labute approximate surface area is 214 Å². The van der Waals surface area contributed by atoms with Crippen molar-refractivity contribution in [2.24, 2.45) is 0 Å². The van der Waals surface area contributed by atoms with E-state index in [0.29, 0.717) is 16.8 Å². The Morgan fingerprint density at radius 1 is 1.09 bits per heavy atom. The molecule has 0 radical (unpaired) electrons. The number of carbonyl (C=O) groups excluding carboxylic acids is 2. The number of nitrogens with zero attached hydrogens (tertiary/aromatic N) is 2. The van der Waals surface area contributed by atoms with Gasteiger partial charge >= 0.3 is 17.6 Å². The Morgan fingerprint density at radius 3 is 2.32 bits per heavy atom. The lowest BCUT2D eigenvalue weighted by Gasteiger charge is -2.20. The van der Waals surface area contributed by atoms with E-state index < -0.39 is 35.3 Å². The van der Waals surface area contributed by atoms with Gasteiger partial charge < -0.3 is 9.47 Å². The summed E-state index contributed by atoms with van der Waals surface area (Å²) in [6.45, 7) is 8.43. The number of aryl methyl sites for hydroxylation is 3. The number of rotatable bonds is 7.